The Morgan fingerprint density at radius 2 is 1.69 bits per heavy atom. The highest BCUT2D eigenvalue weighted by Gasteiger charge is 2.29. The van der Waals surface area contributed by atoms with Gasteiger partial charge in [-0.15, -0.1) is 0 Å². The van der Waals surface area contributed by atoms with Crippen LogP contribution in [0.25, 0.3) is 34.3 Å². The Morgan fingerprint density at radius 1 is 0.942 bits per heavy atom. The molecule has 52 heavy (non-hydrogen) atoms. The molecule has 4 aromatic carbocycles. The Kier molecular flexibility index (Phi) is 10.0. The Labute approximate surface area is 300 Å². The second-order valence-electron chi connectivity index (χ2n) is 12.5. The number of aromatic nitrogens is 3. The fraction of sp³-hybridized carbons (Fsp3) is 0.195. The SMILES string of the molecule is COc1ccc(CNc2ncc(/C=C/c3ccc(F)cc3)c3c2c(-c2ccc(Oc4ccccc4)cc2)nn3C2CCCN(C(=O)O)C2)c(OC)c1. The van der Waals surface area contributed by atoms with Gasteiger partial charge in [0.1, 0.15) is 40.3 Å². The summed E-state index contributed by atoms with van der Waals surface area (Å²) in [5, 5.41) is 19.5. The molecule has 1 fully saturated rings. The lowest BCUT2D eigenvalue weighted by Crippen LogP contribution is -2.40. The number of para-hydroxylation sites is 1. The van der Waals surface area contributed by atoms with Crippen molar-refractivity contribution in [1.82, 2.24) is 19.7 Å². The molecule has 10 nitrogen and oxygen atoms in total. The van der Waals surface area contributed by atoms with Gasteiger partial charge >= 0.3 is 6.09 Å². The maximum Gasteiger partial charge on any atom is 0.407 e. The van der Waals surface area contributed by atoms with Crippen molar-refractivity contribution in [2.24, 2.45) is 0 Å². The van der Waals surface area contributed by atoms with Crippen LogP contribution in [-0.4, -0.2) is 58.2 Å². The first-order chi connectivity index (χ1) is 25.4. The molecule has 0 aliphatic carbocycles. The van der Waals surface area contributed by atoms with E-state index in [4.69, 9.17) is 24.3 Å². The van der Waals surface area contributed by atoms with Crippen LogP contribution in [0.5, 0.6) is 23.0 Å². The van der Waals surface area contributed by atoms with E-state index < -0.39 is 6.09 Å². The van der Waals surface area contributed by atoms with Gasteiger partial charge in [-0.2, -0.15) is 5.10 Å². The number of pyridine rings is 1. The van der Waals surface area contributed by atoms with Crippen LogP contribution in [0.3, 0.4) is 0 Å². The highest BCUT2D eigenvalue weighted by molar-refractivity contribution is 6.05. The van der Waals surface area contributed by atoms with Gasteiger partial charge in [-0.1, -0.05) is 42.5 Å². The second kappa shape index (κ2) is 15.3. The van der Waals surface area contributed by atoms with Gasteiger partial charge in [0.25, 0.3) is 0 Å². The molecule has 1 saturated heterocycles. The van der Waals surface area contributed by atoms with Gasteiger partial charge in [-0.05, 0) is 79.1 Å². The smallest absolute Gasteiger partial charge is 0.407 e. The molecule has 11 heteroatoms. The molecule has 1 unspecified atom stereocenters. The van der Waals surface area contributed by atoms with Gasteiger partial charge in [0, 0.05) is 48.6 Å². The Balaban J connectivity index is 1.37. The summed E-state index contributed by atoms with van der Waals surface area (Å²) in [6, 6.07) is 29.0. The Hall–Kier alpha value is -6.36. The Morgan fingerprint density at radius 3 is 2.42 bits per heavy atom. The topological polar surface area (TPSA) is 111 Å². The third-order valence-corrected chi connectivity index (χ3v) is 9.14. The number of fused-ring (bicyclic) bond motifs is 1. The second-order valence-corrected chi connectivity index (χ2v) is 12.5. The van der Waals surface area contributed by atoms with Crippen LogP contribution in [0.4, 0.5) is 15.0 Å². The van der Waals surface area contributed by atoms with Crippen molar-refractivity contribution < 1.29 is 28.5 Å². The lowest BCUT2D eigenvalue weighted by atomic mass is 10.0. The van der Waals surface area contributed by atoms with Crippen LogP contribution < -0.4 is 19.5 Å². The molecule has 2 N–H and O–H groups in total. The van der Waals surface area contributed by atoms with E-state index >= 15 is 0 Å². The van der Waals surface area contributed by atoms with E-state index in [9.17, 15) is 14.3 Å². The molecule has 3 heterocycles. The molecule has 1 aliphatic heterocycles. The number of piperidine rings is 1. The van der Waals surface area contributed by atoms with Crippen molar-refractivity contribution >= 4 is 35.0 Å². The summed E-state index contributed by atoms with van der Waals surface area (Å²) >= 11 is 0. The van der Waals surface area contributed by atoms with Crippen LogP contribution in [0, 0.1) is 5.82 Å². The van der Waals surface area contributed by atoms with Crippen molar-refractivity contribution in [1.29, 1.82) is 0 Å². The molecule has 0 spiro atoms. The number of methoxy groups -OCH3 is 2. The van der Waals surface area contributed by atoms with Crippen LogP contribution in [0.1, 0.15) is 35.6 Å². The number of carboxylic acid groups (broad SMARTS) is 1. The number of amides is 1. The number of rotatable bonds is 11. The highest BCUT2D eigenvalue weighted by atomic mass is 19.1. The van der Waals surface area contributed by atoms with Crippen LogP contribution in [-0.2, 0) is 6.54 Å². The lowest BCUT2D eigenvalue weighted by molar-refractivity contribution is 0.120. The third kappa shape index (κ3) is 7.39. The number of halogens is 1. The molecular formula is C41H38FN5O5. The van der Waals surface area contributed by atoms with Crippen molar-refractivity contribution in [3.63, 3.8) is 0 Å². The first-order valence-corrected chi connectivity index (χ1v) is 17.0. The molecular weight excluding hydrogens is 661 g/mol. The average molecular weight is 700 g/mol. The monoisotopic (exact) mass is 699 g/mol. The molecule has 7 rings (SSSR count). The molecule has 0 bridgehead atoms. The van der Waals surface area contributed by atoms with E-state index in [-0.39, 0.29) is 11.9 Å². The van der Waals surface area contributed by atoms with Crippen LogP contribution >= 0.6 is 0 Å². The van der Waals surface area contributed by atoms with Gasteiger partial charge in [0.2, 0.25) is 0 Å². The standard InChI is InChI=1S/C41H38FN5O5/c1-50-35-21-16-29(36(23-35)51-2)24-43-40-37-38(28-14-19-34(20-15-28)52-33-8-4-3-5-9-33)45-47(32-7-6-22-46(26-32)41(48)49)39(37)30(25-44-40)13-10-27-11-17-31(42)18-12-27/h3-5,8-21,23,25,32H,6-7,22,24,26H2,1-2H3,(H,43,44)(H,48,49)/b13-10+. The molecule has 0 saturated carbocycles. The number of ether oxygens (including phenoxy) is 3. The zero-order valence-corrected chi connectivity index (χ0v) is 28.8. The first-order valence-electron chi connectivity index (χ1n) is 17.0. The maximum absolute atomic E-state index is 13.7. The zero-order chi connectivity index (χ0) is 36.0. The van der Waals surface area contributed by atoms with Gasteiger partial charge in [0.15, 0.2) is 0 Å². The molecule has 0 radical (unpaired) electrons. The van der Waals surface area contributed by atoms with Crippen LogP contribution in [0.2, 0.25) is 0 Å². The minimum Gasteiger partial charge on any atom is -0.497 e. The van der Waals surface area contributed by atoms with Gasteiger partial charge in [-0.25, -0.2) is 14.2 Å². The largest absolute Gasteiger partial charge is 0.497 e. The number of anilines is 1. The molecule has 264 valence electrons. The summed E-state index contributed by atoms with van der Waals surface area (Å²) in [5.41, 5.74) is 4.82. The number of benzene rings is 4. The van der Waals surface area contributed by atoms with E-state index in [2.05, 4.69) is 5.32 Å². The summed E-state index contributed by atoms with van der Waals surface area (Å²) in [6.45, 7) is 1.16. The number of likely N-dealkylation sites (tertiary alicyclic amines) is 1. The maximum atomic E-state index is 13.7. The third-order valence-electron chi connectivity index (χ3n) is 9.14. The number of carbonyl (C=O) groups is 1. The highest BCUT2D eigenvalue weighted by Crippen LogP contribution is 2.39. The minimum absolute atomic E-state index is 0.225. The zero-order valence-electron chi connectivity index (χ0n) is 28.8. The lowest BCUT2D eigenvalue weighted by Gasteiger charge is -2.31. The fourth-order valence-electron chi connectivity index (χ4n) is 6.49. The summed E-state index contributed by atoms with van der Waals surface area (Å²) in [7, 11) is 3.23. The molecule has 1 atom stereocenters. The number of nitrogens with one attached hydrogen (secondary N) is 1. The fourth-order valence-corrected chi connectivity index (χ4v) is 6.49. The summed E-state index contributed by atoms with van der Waals surface area (Å²) in [6.07, 6.45) is 6.13. The van der Waals surface area contributed by atoms with E-state index in [1.54, 1.807) is 32.5 Å². The minimum atomic E-state index is -0.954. The van der Waals surface area contributed by atoms with E-state index in [1.807, 2.05) is 89.6 Å². The van der Waals surface area contributed by atoms with Gasteiger partial charge in [0.05, 0.1) is 31.2 Å². The van der Waals surface area contributed by atoms with Crippen LogP contribution in [0.15, 0.2) is 103 Å². The normalized spacial score (nSPS) is 14.4. The first kappa shape index (κ1) is 34.1. The van der Waals surface area contributed by atoms with Crippen molar-refractivity contribution in [2.75, 3.05) is 32.6 Å². The van der Waals surface area contributed by atoms with E-state index in [0.29, 0.717) is 54.8 Å². The quantitative estimate of drug-likeness (QED) is 0.138. The van der Waals surface area contributed by atoms with E-state index in [1.165, 1.54) is 17.0 Å². The summed E-state index contributed by atoms with van der Waals surface area (Å²) in [5.74, 6) is 3.05. The predicted molar refractivity (Wildman–Crippen MR) is 200 cm³/mol. The average Bonchev–Trinajstić information content (AvgIpc) is 3.59. The van der Waals surface area contributed by atoms with Crippen molar-refractivity contribution in [3.05, 3.63) is 126 Å². The van der Waals surface area contributed by atoms with Gasteiger partial charge < -0.3 is 29.5 Å². The van der Waals surface area contributed by atoms with E-state index in [0.717, 1.165) is 45.3 Å². The van der Waals surface area contributed by atoms with Crippen molar-refractivity contribution in [3.8, 4) is 34.3 Å². The number of hydrogen-bond donors (Lipinski definition) is 2. The molecule has 1 aliphatic rings. The molecule has 6 aromatic rings. The summed E-state index contributed by atoms with van der Waals surface area (Å²) < 4.78 is 32.8. The molecule has 2 aromatic heterocycles. The number of hydrogen-bond acceptors (Lipinski definition) is 7. The predicted octanol–water partition coefficient (Wildman–Crippen LogP) is 9.14. The summed E-state index contributed by atoms with van der Waals surface area (Å²) in [4.78, 5) is 18.5. The van der Waals surface area contributed by atoms with Crippen molar-refractivity contribution in [2.45, 2.75) is 25.4 Å². The molecule has 1 amide bonds. The van der Waals surface area contributed by atoms with Gasteiger partial charge in [-0.3, -0.25) is 4.68 Å². The number of nitrogens with zero attached hydrogens (tertiary/aromatic N) is 4. The Bertz CT molecular complexity index is 2200.